The lowest BCUT2D eigenvalue weighted by molar-refractivity contribution is 0.322. The maximum Gasteiger partial charge on any atom is 0.203 e. The van der Waals surface area contributed by atoms with Gasteiger partial charge < -0.3 is 24.4 Å². The van der Waals surface area contributed by atoms with Gasteiger partial charge in [0.25, 0.3) is 0 Å². The molecule has 124 valence electrons. The van der Waals surface area contributed by atoms with E-state index in [9.17, 15) is 0 Å². The van der Waals surface area contributed by atoms with Gasteiger partial charge in [-0.2, -0.15) is 0 Å². The van der Waals surface area contributed by atoms with Crippen molar-refractivity contribution in [2.45, 2.75) is 6.42 Å². The predicted octanol–water partition coefficient (Wildman–Crippen LogP) is 1.76. The average molecular weight is 421 g/mol. The largest absolute Gasteiger partial charge is 0.493 e. The lowest BCUT2D eigenvalue weighted by atomic mass is 10.1. The molecule has 0 saturated carbocycles. The van der Waals surface area contributed by atoms with Gasteiger partial charge in [0, 0.05) is 25.7 Å². The van der Waals surface area contributed by atoms with E-state index in [0.717, 1.165) is 43.3 Å². The van der Waals surface area contributed by atoms with Crippen molar-refractivity contribution in [3.8, 4) is 17.2 Å². The number of aliphatic imine (C=N–C) groups is 1. The van der Waals surface area contributed by atoms with E-state index in [4.69, 9.17) is 14.2 Å². The van der Waals surface area contributed by atoms with Crippen molar-refractivity contribution >= 4 is 29.9 Å². The zero-order valence-corrected chi connectivity index (χ0v) is 15.8. The molecule has 0 unspecified atom stereocenters. The summed E-state index contributed by atoms with van der Waals surface area (Å²) in [4.78, 5) is 6.52. The van der Waals surface area contributed by atoms with E-state index in [1.54, 1.807) is 21.3 Å². The van der Waals surface area contributed by atoms with Gasteiger partial charge in [-0.05, 0) is 12.5 Å². The van der Waals surface area contributed by atoms with Gasteiger partial charge in [-0.1, -0.05) is 6.07 Å². The van der Waals surface area contributed by atoms with Crippen LogP contribution in [0.4, 0.5) is 0 Å². The van der Waals surface area contributed by atoms with Crippen LogP contribution in [0.15, 0.2) is 17.1 Å². The third-order valence-corrected chi connectivity index (χ3v) is 3.52. The molecular weight excluding hydrogens is 397 g/mol. The fourth-order valence-electron chi connectivity index (χ4n) is 2.39. The van der Waals surface area contributed by atoms with Gasteiger partial charge in [0.15, 0.2) is 17.5 Å². The summed E-state index contributed by atoms with van der Waals surface area (Å²) < 4.78 is 16.2. The van der Waals surface area contributed by atoms with Crippen LogP contribution in [0.2, 0.25) is 0 Å². The first-order valence-corrected chi connectivity index (χ1v) is 6.98. The van der Waals surface area contributed by atoms with Crippen molar-refractivity contribution in [2.24, 2.45) is 4.99 Å². The third-order valence-electron chi connectivity index (χ3n) is 3.52. The molecule has 0 radical (unpaired) electrons. The molecule has 6 nitrogen and oxygen atoms in total. The molecule has 1 heterocycles. The maximum absolute atomic E-state index is 5.48. The summed E-state index contributed by atoms with van der Waals surface area (Å²) in [6.07, 6.45) is 0.816. The molecule has 0 amide bonds. The Kier molecular flexibility index (Phi) is 7.57. The third kappa shape index (κ3) is 4.08. The van der Waals surface area contributed by atoms with Crippen LogP contribution in [0.3, 0.4) is 0 Å². The zero-order valence-electron chi connectivity index (χ0n) is 13.5. The van der Waals surface area contributed by atoms with Crippen LogP contribution < -0.4 is 19.5 Å². The maximum atomic E-state index is 5.48. The number of methoxy groups -OCH3 is 3. The molecule has 0 saturated heterocycles. The van der Waals surface area contributed by atoms with E-state index >= 15 is 0 Å². The zero-order chi connectivity index (χ0) is 15.2. The summed E-state index contributed by atoms with van der Waals surface area (Å²) in [6, 6.07) is 3.90. The molecule has 1 aliphatic heterocycles. The normalized spacial score (nSPS) is 13.3. The number of hydrogen-bond donors (Lipinski definition) is 1. The van der Waals surface area contributed by atoms with E-state index in [1.165, 1.54) is 0 Å². The Bertz CT molecular complexity index is 523. The lowest BCUT2D eigenvalue weighted by Crippen LogP contribution is -2.36. The minimum atomic E-state index is 0. The SMILES string of the molecule is COc1ccc(CCNC2=NCCN2C)c(OC)c1OC.I. The molecule has 22 heavy (non-hydrogen) atoms. The topological polar surface area (TPSA) is 55.3 Å². The van der Waals surface area contributed by atoms with E-state index in [1.807, 2.05) is 19.2 Å². The van der Waals surface area contributed by atoms with E-state index in [2.05, 4.69) is 15.2 Å². The molecule has 2 rings (SSSR count). The lowest BCUT2D eigenvalue weighted by Gasteiger charge is -2.17. The number of hydrogen-bond acceptors (Lipinski definition) is 6. The molecule has 0 fully saturated rings. The Balaban J connectivity index is 0.00000242. The van der Waals surface area contributed by atoms with E-state index in [0.29, 0.717) is 11.5 Å². The first-order chi connectivity index (χ1) is 10.2. The number of rotatable bonds is 6. The summed E-state index contributed by atoms with van der Waals surface area (Å²) in [6.45, 7) is 2.62. The standard InChI is InChI=1S/C15H23N3O3.HI/c1-18-10-9-17-15(18)16-8-7-11-5-6-12(19-2)14(21-4)13(11)20-3;/h5-6H,7-10H2,1-4H3,(H,16,17);1H. The summed E-state index contributed by atoms with van der Waals surface area (Å²) in [5, 5.41) is 3.35. The molecule has 0 spiro atoms. The second-order valence-electron chi connectivity index (χ2n) is 4.80. The molecule has 0 aliphatic carbocycles. The molecule has 1 aliphatic rings. The van der Waals surface area contributed by atoms with Gasteiger partial charge in [0.05, 0.1) is 27.9 Å². The van der Waals surface area contributed by atoms with Crippen LogP contribution in [0.25, 0.3) is 0 Å². The van der Waals surface area contributed by atoms with Gasteiger partial charge >= 0.3 is 0 Å². The van der Waals surface area contributed by atoms with Gasteiger partial charge in [0.1, 0.15) is 0 Å². The molecule has 7 heteroatoms. The van der Waals surface area contributed by atoms with Gasteiger partial charge in [-0.25, -0.2) is 0 Å². The number of halogens is 1. The quantitative estimate of drug-likeness (QED) is 0.710. The van der Waals surface area contributed by atoms with E-state index in [-0.39, 0.29) is 24.0 Å². The van der Waals surface area contributed by atoms with Crippen molar-refractivity contribution in [1.82, 2.24) is 10.2 Å². The molecular formula is C15H24IN3O3. The summed E-state index contributed by atoms with van der Waals surface area (Å²) >= 11 is 0. The molecule has 0 bridgehead atoms. The van der Waals surface area contributed by atoms with Crippen molar-refractivity contribution in [3.05, 3.63) is 17.7 Å². The number of ether oxygens (including phenoxy) is 3. The summed E-state index contributed by atoms with van der Waals surface area (Å²) in [7, 11) is 6.91. The van der Waals surface area contributed by atoms with E-state index < -0.39 is 0 Å². The molecule has 1 aromatic carbocycles. The first-order valence-electron chi connectivity index (χ1n) is 6.98. The van der Waals surface area contributed by atoms with Gasteiger partial charge in [-0.15, -0.1) is 24.0 Å². The molecule has 0 aromatic heterocycles. The second kappa shape index (κ2) is 8.92. The number of guanidine groups is 1. The molecule has 1 aromatic rings. The number of benzene rings is 1. The number of nitrogens with one attached hydrogen (secondary N) is 1. The minimum Gasteiger partial charge on any atom is -0.493 e. The summed E-state index contributed by atoms with van der Waals surface area (Å²) in [5.74, 6) is 2.98. The highest BCUT2D eigenvalue weighted by atomic mass is 127. The van der Waals surface area contributed by atoms with Crippen LogP contribution >= 0.6 is 24.0 Å². The van der Waals surface area contributed by atoms with Crippen LogP contribution in [-0.4, -0.2) is 58.9 Å². The molecule has 0 atom stereocenters. The van der Waals surface area contributed by atoms with Crippen molar-refractivity contribution in [3.63, 3.8) is 0 Å². The number of likely N-dealkylation sites (N-methyl/N-ethyl adjacent to an activating group) is 1. The Morgan fingerprint density at radius 1 is 1.14 bits per heavy atom. The monoisotopic (exact) mass is 421 g/mol. The van der Waals surface area contributed by atoms with Gasteiger partial charge in [0.2, 0.25) is 5.75 Å². The highest BCUT2D eigenvalue weighted by Gasteiger charge is 2.16. The summed E-state index contributed by atoms with van der Waals surface area (Å²) in [5.41, 5.74) is 1.07. The Morgan fingerprint density at radius 2 is 1.86 bits per heavy atom. The fraction of sp³-hybridized carbons (Fsp3) is 0.533. The average Bonchev–Trinajstić information content (AvgIpc) is 2.91. The fourth-order valence-corrected chi connectivity index (χ4v) is 2.39. The number of nitrogens with zero attached hydrogens (tertiary/aromatic N) is 2. The highest BCUT2D eigenvalue weighted by Crippen LogP contribution is 2.39. The van der Waals surface area contributed by atoms with Crippen LogP contribution in [0.5, 0.6) is 17.2 Å². The van der Waals surface area contributed by atoms with Crippen molar-refractivity contribution in [1.29, 1.82) is 0 Å². The first kappa shape index (κ1) is 18.7. The van der Waals surface area contributed by atoms with Crippen LogP contribution in [-0.2, 0) is 6.42 Å². The smallest absolute Gasteiger partial charge is 0.203 e. The van der Waals surface area contributed by atoms with Crippen LogP contribution in [0.1, 0.15) is 5.56 Å². The second-order valence-corrected chi connectivity index (χ2v) is 4.80. The Hall–Kier alpha value is -1.38. The van der Waals surface area contributed by atoms with Gasteiger partial charge in [-0.3, -0.25) is 4.99 Å². The Morgan fingerprint density at radius 3 is 2.41 bits per heavy atom. The predicted molar refractivity (Wildman–Crippen MR) is 98.2 cm³/mol. The highest BCUT2D eigenvalue weighted by molar-refractivity contribution is 14.0. The minimum absolute atomic E-state index is 0. The van der Waals surface area contributed by atoms with Crippen molar-refractivity contribution < 1.29 is 14.2 Å². The van der Waals surface area contributed by atoms with Crippen molar-refractivity contribution in [2.75, 3.05) is 48.0 Å². The van der Waals surface area contributed by atoms with Crippen LogP contribution in [0, 0.1) is 0 Å². The molecule has 1 N–H and O–H groups in total. The Labute approximate surface area is 148 Å².